The second kappa shape index (κ2) is 14.9. The summed E-state index contributed by atoms with van der Waals surface area (Å²) in [5.41, 5.74) is 2.84. The van der Waals surface area contributed by atoms with Crippen molar-refractivity contribution in [1.82, 2.24) is 9.78 Å². The van der Waals surface area contributed by atoms with Gasteiger partial charge in [-0.2, -0.15) is 0 Å². The van der Waals surface area contributed by atoms with Crippen LogP contribution in [-0.2, 0) is 6.42 Å². The molecule has 0 radical (unpaired) electrons. The van der Waals surface area contributed by atoms with Crippen LogP contribution in [0.4, 0.5) is 0 Å². The van der Waals surface area contributed by atoms with Crippen molar-refractivity contribution in [2.75, 3.05) is 7.11 Å². The predicted octanol–water partition coefficient (Wildman–Crippen LogP) is 7.51. The predicted molar refractivity (Wildman–Crippen MR) is 132 cm³/mol. The molecule has 0 aliphatic heterocycles. The van der Waals surface area contributed by atoms with E-state index in [1.54, 1.807) is 11.8 Å². The van der Waals surface area contributed by atoms with Gasteiger partial charge in [0.2, 0.25) is 0 Å². The summed E-state index contributed by atoms with van der Waals surface area (Å²) in [4.78, 5) is 12.8. The summed E-state index contributed by atoms with van der Waals surface area (Å²) in [7, 11) is 1.65. The molecule has 31 heavy (non-hydrogen) atoms. The monoisotopic (exact) mass is 428 g/mol. The van der Waals surface area contributed by atoms with E-state index in [2.05, 4.69) is 12.0 Å². The van der Waals surface area contributed by atoms with Gasteiger partial charge in [-0.25, -0.2) is 4.68 Å². The van der Waals surface area contributed by atoms with Crippen molar-refractivity contribution in [3.05, 3.63) is 45.9 Å². The first-order chi connectivity index (χ1) is 15.2. The van der Waals surface area contributed by atoms with Gasteiger partial charge in [0, 0.05) is 11.3 Å². The Morgan fingerprint density at radius 1 is 0.774 bits per heavy atom. The van der Waals surface area contributed by atoms with Gasteiger partial charge in [0.15, 0.2) is 0 Å². The number of ether oxygens (including phenoxy) is 1. The summed E-state index contributed by atoms with van der Waals surface area (Å²) >= 11 is 0. The van der Waals surface area contributed by atoms with Crippen molar-refractivity contribution in [3.63, 3.8) is 0 Å². The zero-order chi connectivity index (χ0) is 22.3. The molecule has 0 aliphatic carbocycles. The number of aromatic nitrogens is 2. The van der Waals surface area contributed by atoms with Crippen molar-refractivity contribution in [3.8, 4) is 11.4 Å². The minimum Gasteiger partial charge on any atom is -0.497 e. The lowest BCUT2D eigenvalue weighted by atomic mass is 10.0. The van der Waals surface area contributed by atoms with E-state index in [0.29, 0.717) is 0 Å². The Labute approximate surface area is 189 Å². The molecule has 1 aromatic heterocycles. The second-order valence-corrected chi connectivity index (χ2v) is 8.90. The molecule has 0 fully saturated rings. The van der Waals surface area contributed by atoms with Crippen molar-refractivity contribution in [2.24, 2.45) is 0 Å². The molecular weight excluding hydrogens is 384 g/mol. The molecule has 0 atom stereocenters. The van der Waals surface area contributed by atoms with Crippen LogP contribution in [-0.4, -0.2) is 16.9 Å². The number of nitrogens with one attached hydrogen (secondary N) is 1. The van der Waals surface area contributed by atoms with E-state index in [0.717, 1.165) is 35.5 Å². The smallest absolute Gasteiger partial charge is 0.274 e. The molecule has 1 N–H and O–H groups in total. The lowest BCUT2D eigenvalue weighted by Gasteiger charge is -2.03. The minimum atomic E-state index is 0.0809. The SMILES string of the molecule is CCCCCCCCCCCCCCCCc1c(C)[nH]n(-c2ccc(OC)cc2)c1=O. The molecular formula is C27H44N2O2. The van der Waals surface area contributed by atoms with Crippen molar-refractivity contribution >= 4 is 0 Å². The zero-order valence-corrected chi connectivity index (χ0v) is 20.2. The highest BCUT2D eigenvalue weighted by atomic mass is 16.5. The Balaban J connectivity index is 1.58. The zero-order valence-electron chi connectivity index (χ0n) is 20.2. The summed E-state index contributed by atoms with van der Waals surface area (Å²) in [6.07, 6.45) is 19.8. The largest absolute Gasteiger partial charge is 0.497 e. The molecule has 0 saturated heterocycles. The van der Waals surface area contributed by atoms with Crippen LogP contribution in [0.2, 0.25) is 0 Å². The standard InChI is InChI=1S/C27H44N2O2/c1-4-5-6-7-8-9-10-11-12-13-14-15-16-17-18-26-23(2)28-29(27(26)30)24-19-21-25(31-3)22-20-24/h19-22,28H,4-18H2,1-3H3. The fourth-order valence-corrected chi connectivity index (χ4v) is 4.29. The Kier molecular flexibility index (Phi) is 12.2. The lowest BCUT2D eigenvalue weighted by molar-refractivity contribution is 0.414. The number of rotatable bonds is 17. The number of hydrogen-bond acceptors (Lipinski definition) is 2. The molecule has 1 heterocycles. The van der Waals surface area contributed by atoms with Gasteiger partial charge in [0.1, 0.15) is 5.75 Å². The molecule has 1 aromatic carbocycles. The fourth-order valence-electron chi connectivity index (χ4n) is 4.29. The molecule has 4 nitrogen and oxygen atoms in total. The summed E-state index contributed by atoms with van der Waals surface area (Å²) in [5, 5.41) is 3.23. The van der Waals surface area contributed by atoms with Gasteiger partial charge in [0.25, 0.3) is 5.56 Å². The highest BCUT2D eigenvalue weighted by Gasteiger charge is 2.12. The first-order valence-electron chi connectivity index (χ1n) is 12.6. The fraction of sp³-hybridized carbons (Fsp3) is 0.667. The normalized spacial score (nSPS) is 11.2. The van der Waals surface area contributed by atoms with E-state index in [9.17, 15) is 4.79 Å². The van der Waals surface area contributed by atoms with Crippen molar-refractivity contribution < 1.29 is 4.74 Å². The van der Waals surface area contributed by atoms with Crippen LogP contribution < -0.4 is 10.3 Å². The number of unbranched alkanes of at least 4 members (excludes halogenated alkanes) is 13. The molecule has 0 bridgehead atoms. The molecule has 0 saturated carbocycles. The van der Waals surface area contributed by atoms with Gasteiger partial charge in [-0.1, -0.05) is 90.4 Å². The molecule has 2 aromatic rings. The van der Waals surface area contributed by atoms with Gasteiger partial charge in [-0.15, -0.1) is 0 Å². The van der Waals surface area contributed by atoms with Gasteiger partial charge in [-0.05, 0) is 44.0 Å². The van der Waals surface area contributed by atoms with Crippen LogP contribution in [0.1, 0.15) is 108 Å². The Morgan fingerprint density at radius 2 is 1.26 bits per heavy atom. The second-order valence-electron chi connectivity index (χ2n) is 8.90. The molecule has 0 aliphatic rings. The van der Waals surface area contributed by atoms with Gasteiger partial charge in [0.05, 0.1) is 12.8 Å². The molecule has 4 heteroatoms. The highest BCUT2D eigenvalue weighted by molar-refractivity contribution is 5.37. The number of aryl methyl sites for hydroxylation is 1. The number of hydrogen-bond donors (Lipinski definition) is 1. The summed E-state index contributed by atoms with van der Waals surface area (Å²) < 4.78 is 6.85. The van der Waals surface area contributed by atoms with E-state index < -0.39 is 0 Å². The molecule has 2 rings (SSSR count). The van der Waals surface area contributed by atoms with Gasteiger partial charge in [-0.3, -0.25) is 9.89 Å². The van der Waals surface area contributed by atoms with Crippen LogP contribution >= 0.6 is 0 Å². The van der Waals surface area contributed by atoms with E-state index in [4.69, 9.17) is 4.74 Å². The van der Waals surface area contributed by atoms with Gasteiger partial charge < -0.3 is 4.74 Å². The molecule has 0 unspecified atom stereocenters. The first kappa shape index (κ1) is 25.3. The van der Waals surface area contributed by atoms with Crippen LogP contribution in [0, 0.1) is 6.92 Å². The average molecular weight is 429 g/mol. The number of methoxy groups -OCH3 is 1. The number of H-pyrrole nitrogens is 1. The van der Waals surface area contributed by atoms with Crippen LogP contribution in [0.25, 0.3) is 5.69 Å². The maximum atomic E-state index is 12.8. The Hall–Kier alpha value is -1.97. The van der Waals surface area contributed by atoms with E-state index in [-0.39, 0.29) is 5.56 Å². The minimum absolute atomic E-state index is 0.0809. The third-order valence-electron chi connectivity index (χ3n) is 6.30. The van der Waals surface area contributed by atoms with Gasteiger partial charge >= 0.3 is 0 Å². The molecule has 0 spiro atoms. The lowest BCUT2D eigenvalue weighted by Crippen LogP contribution is -2.17. The number of benzene rings is 1. The quantitative estimate of drug-likeness (QED) is 0.265. The van der Waals surface area contributed by atoms with Crippen LogP contribution in [0.5, 0.6) is 5.75 Å². The Morgan fingerprint density at radius 3 is 1.74 bits per heavy atom. The maximum Gasteiger partial charge on any atom is 0.274 e. The summed E-state index contributed by atoms with van der Waals surface area (Å²) in [6.45, 7) is 4.28. The molecule has 0 amide bonds. The Bertz CT molecular complexity index is 774. The molecule has 174 valence electrons. The number of nitrogens with zero attached hydrogens (tertiary/aromatic N) is 1. The van der Waals surface area contributed by atoms with E-state index in [1.807, 2.05) is 31.2 Å². The maximum absolute atomic E-state index is 12.8. The topological polar surface area (TPSA) is 47.0 Å². The summed E-state index contributed by atoms with van der Waals surface area (Å²) in [5.74, 6) is 0.794. The van der Waals surface area contributed by atoms with E-state index >= 15 is 0 Å². The third-order valence-corrected chi connectivity index (χ3v) is 6.30. The highest BCUT2D eigenvalue weighted by Crippen LogP contribution is 2.16. The van der Waals surface area contributed by atoms with Crippen LogP contribution in [0.3, 0.4) is 0 Å². The summed E-state index contributed by atoms with van der Waals surface area (Å²) in [6, 6.07) is 7.58. The average Bonchev–Trinajstić information content (AvgIpc) is 3.07. The van der Waals surface area contributed by atoms with Crippen molar-refractivity contribution in [1.29, 1.82) is 0 Å². The number of aromatic amines is 1. The third kappa shape index (κ3) is 8.96. The van der Waals surface area contributed by atoms with Crippen LogP contribution in [0.15, 0.2) is 29.1 Å². The van der Waals surface area contributed by atoms with E-state index in [1.165, 1.54) is 83.5 Å². The van der Waals surface area contributed by atoms with Crippen molar-refractivity contribution in [2.45, 2.75) is 110 Å². The first-order valence-corrected chi connectivity index (χ1v) is 12.6.